The summed E-state index contributed by atoms with van der Waals surface area (Å²) in [5.41, 5.74) is 1.62. The maximum Gasteiger partial charge on any atom is 0.227 e. The minimum atomic E-state index is -0.305. The topological polar surface area (TPSA) is 25.2 Å². The van der Waals surface area contributed by atoms with Gasteiger partial charge in [0.15, 0.2) is 0 Å². The molecule has 3 rings (SSSR count). The predicted octanol–water partition coefficient (Wildman–Crippen LogP) is 3.07. The van der Waals surface area contributed by atoms with Crippen molar-refractivity contribution in [2.45, 2.75) is 25.3 Å². The number of amides is 1. The van der Waals surface area contributed by atoms with Crippen LogP contribution in [0.15, 0.2) is 42.6 Å². The Labute approximate surface area is 124 Å². The molecule has 1 saturated heterocycles. The molecule has 3 nitrogen and oxygen atoms in total. The second-order valence-corrected chi connectivity index (χ2v) is 5.56. The van der Waals surface area contributed by atoms with Crippen LogP contribution in [0.3, 0.4) is 0 Å². The minimum Gasteiger partial charge on any atom is -0.353 e. The van der Waals surface area contributed by atoms with Gasteiger partial charge in [0.2, 0.25) is 5.91 Å². The number of aryl methyl sites for hydroxylation is 1. The fourth-order valence-electron chi connectivity index (χ4n) is 3.10. The smallest absolute Gasteiger partial charge is 0.227 e. The highest BCUT2D eigenvalue weighted by atomic mass is 19.1. The number of hydrogen-bond donors (Lipinski definition) is 0. The zero-order chi connectivity index (χ0) is 14.8. The third-order valence-corrected chi connectivity index (χ3v) is 4.20. The zero-order valence-electron chi connectivity index (χ0n) is 12.1. The van der Waals surface area contributed by atoms with E-state index in [1.807, 2.05) is 24.2 Å². The predicted molar refractivity (Wildman–Crippen MR) is 79.2 cm³/mol. The summed E-state index contributed by atoms with van der Waals surface area (Å²) in [6, 6.07) is 10.7. The molecule has 1 atom stereocenters. The number of halogens is 1. The van der Waals surface area contributed by atoms with Gasteiger partial charge in [0, 0.05) is 25.5 Å². The molecule has 1 aromatic carbocycles. The van der Waals surface area contributed by atoms with Gasteiger partial charge in [0.25, 0.3) is 0 Å². The third kappa shape index (κ3) is 2.71. The first kappa shape index (κ1) is 13.9. The van der Waals surface area contributed by atoms with E-state index in [-0.39, 0.29) is 24.2 Å². The molecule has 0 N–H and O–H groups in total. The maximum atomic E-state index is 13.7. The van der Waals surface area contributed by atoms with E-state index in [2.05, 4.69) is 10.6 Å². The number of carbonyl (C=O) groups is 1. The summed E-state index contributed by atoms with van der Waals surface area (Å²) in [6.45, 7) is 0.753. The van der Waals surface area contributed by atoms with Crippen molar-refractivity contribution in [3.05, 3.63) is 59.7 Å². The molecule has 1 aromatic heterocycles. The van der Waals surface area contributed by atoms with E-state index in [0.717, 1.165) is 25.1 Å². The van der Waals surface area contributed by atoms with Crippen LogP contribution < -0.4 is 0 Å². The maximum absolute atomic E-state index is 13.7. The Morgan fingerprint density at radius 3 is 2.81 bits per heavy atom. The van der Waals surface area contributed by atoms with Crippen LogP contribution in [0.25, 0.3) is 0 Å². The Balaban J connectivity index is 1.78. The number of likely N-dealkylation sites (tertiary alicyclic amines) is 1. The summed E-state index contributed by atoms with van der Waals surface area (Å²) < 4.78 is 15.8. The van der Waals surface area contributed by atoms with E-state index in [4.69, 9.17) is 0 Å². The van der Waals surface area contributed by atoms with Crippen molar-refractivity contribution in [2.24, 2.45) is 7.05 Å². The Hall–Kier alpha value is -2.10. The molecule has 2 heterocycles. The van der Waals surface area contributed by atoms with Crippen molar-refractivity contribution in [1.82, 2.24) is 9.47 Å². The number of aromatic nitrogens is 1. The molecular weight excluding hydrogens is 267 g/mol. The first-order chi connectivity index (χ1) is 10.2. The molecule has 1 fully saturated rings. The molecule has 0 bridgehead atoms. The van der Waals surface area contributed by atoms with Crippen molar-refractivity contribution < 1.29 is 9.18 Å². The van der Waals surface area contributed by atoms with Gasteiger partial charge in [-0.15, -0.1) is 0 Å². The van der Waals surface area contributed by atoms with Gasteiger partial charge in [-0.05, 0) is 36.6 Å². The number of rotatable bonds is 3. The van der Waals surface area contributed by atoms with Crippen LogP contribution in [0.4, 0.5) is 4.39 Å². The van der Waals surface area contributed by atoms with E-state index in [9.17, 15) is 9.18 Å². The van der Waals surface area contributed by atoms with E-state index < -0.39 is 0 Å². The standard InChI is InChI=1S/C17H19FN2O/c1-19-10-4-8-15(19)16-9-5-11-20(16)17(21)12-13-6-2-3-7-14(13)18/h2-4,6-8,10,16H,5,9,11-12H2,1H3. The summed E-state index contributed by atoms with van der Waals surface area (Å²) in [5, 5.41) is 0. The number of carbonyl (C=O) groups excluding carboxylic acids is 1. The van der Waals surface area contributed by atoms with E-state index in [1.54, 1.807) is 18.2 Å². The molecule has 0 radical (unpaired) electrons. The lowest BCUT2D eigenvalue weighted by atomic mass is 10.1. The Morgan fingerprint density at radius 2 is 2.10 bits per heavy atom. The highest BCUT2D eigenvalue weighted by Gasteiger charge is 2.31. The Bertz CT molecular complexity index is 650. The van der Waals surface area contributed by atoms with Crippen molar-refractivity contribution in [3.63, 3.8) is 0 Å². The second-order valence-electron chi connectivity index (χ2n) is 5.56. The average Bonchev–Trinajstić information content (AvgIpc) is 3.09. The van der Waals surface area contributed by atoms with Crippen LogP contribution in [0.1, 0.15) is 30.1 Å². The number of nitrogens with zero attached hydrogens (tertiary/aromatic N) is 2. The summed E-state index contributed by atoms with van der Waals surface area (Å²) in [7, 11) is 1.99. The van der Waals surface area contributed by atoms with Crippen LogP contribution in [0.5, 0.6) is 0 Å². The van der Waals surface area contributed by atoms with Crippen molar-refractivity contribution in [2.75, 3.05) is 6.54 Å². The van der Waals surface area contributed by atoms with Crippen molar-refractivity contribution in [3.8, 4) is 0 Å². The van der Waals surface area contributed by atoms with Crippen LogP contribution >= 0.6 is 0 Å². The van der Waals surface area contributed by atoms with Crippen LogP contribution in [-0.4, -0.2) is 21.9 Å². The van der Waals surface area contributed by atoms with E-state index in [1.165, 1.54) is 6.07 Å². The number of benzene rings is 1. The van der Waals surface area contributed by atoms with E-state index >= 15 is 0 Å². The molecular formula is C17H19FN2O. The Kier molecular flexibility index (Phi) is 3.78. The lowest BCUT2D eigenvalue weighted by Crippen LogP contribution is -2.32. The monoisotopic (exact) mass is 286 g/mol. The SMILES string of the molecule is Cn1cccc1C1CCCN1C(=O)Cc1ccccc1F. The molecule has 2 aromatic rings. The summed E-state index contributed by atoms with van der Waals surface area (Å²) in [6.07, 6.45) is 4.10. The lowest BCUT2D eigenvalue weighted by Gasteiger charge is -2.25. The molecule has 1 aliphatic rings. The van der Waals surface area contributed by atoms with Crippen LogP contribution in [0, 0.1) is 5.82 Å². The minimum absolute atomic E-state index is 0.00352. The zero-order valence-corrected chi connectivity index (χ0v) is 12.1. The summed E-state index contributed by atoms with van der Waals surface area (Å²) in [5.74, 6) is -0.302. The fraction of sp³-hybridized carbons (Fsp3) is 0.353. The van der Waals surface area contributed by atoms with Gasteiger partial charge in [0.05, 0.1) is 12.5 Å². The quantitative estimate of drug-likeness (QED) is 0.851. The number of hydrogen-bond acceptors (Lipinski definition) is 1. The summed E-state index contributed by atoms with van der Waals surface area (Å²) >= 11 is 0. The Morgan fingerprint density at radius 1 is 1.29 bits per heavy atom. The second kappa shape index (κ2) is 5.72. The molecule has 0 spiro atoms. The summed E-state index contributed by atoms with van der Waals surface area (Å²) in [4.78, 5) is 14.4. The molecule has 110 valence electrons. The first-order valence-corrected chi connectivity index (χ1v) is 7.31. The third-order valence-electron chi connectivity index (χ3n) is 4.20. The van der Waals surface area contributed by atoms with Gasteiger partial charge in [-0.25, -0.2) is 4.39 Å². The highest BCUT2D eigenvalue weighted by molar-refractivity contribution is 5.79. The van der Waals surface area contributed by atoms with Gasteiger partial charge in [-0.2, -0.15) is 0 Å². The molecule has 4 heteroatoms. The van der Waals surface area contributed by atoms with Crippen LogP contribution in [0.2, 0.25) is 0 Å². The lowest BCUT2D eigenvalue weighted by molar-refractivity contribution is -0.131. The molecule has 1 aliphatic heterocycles. The van der Waals surface area contributed by atoms with Gasteiger partial charge in [0.1, 0.15) is 5.82 Å². The average molecular weight is 286 g/mol. The van der Waals surface area contributed by atoms with E-state index in [0.29, 0.717) is 5.56 Å². The van der Waals surface area contributed by atoms with Gasteiger partial charge in [-0.1, -0.05) is 18.2 Å². The fourth-order valence-corrected chi connectivity index (χ4v) is 3.10. The molecule has 0 aliphatic carbocycles. The molecule has 1 unspecified atom stereocenters. The first-order valence-electron chi connectivity index (χ1n) is 7.31. The largest absolute Gasteiger partial charge is 0.353 e. The molecule has 0 saturated carbocycles. The van der Waals surface area contributed by atoms with Gasteiger partial charge < -0.3 is 9.47 Å². The van der Waals surface area contributed by atoms with Gasteiger partial charge >= 0.3 is 0 Å². The van der Waals surface area contributed by atoms with Crippen molar-refractivity contribution >= 4 is 5.91 Å². The molecule has 21 heavy (non-hydrogen) atoms. The molecule has 1 amide bonds. The van der Waals surface area contributed by atoms with Gasteiger partial charge in [-0.3, -0.25) is 4.79 Å². The van der Waals surface area contributed by atoms with Crippen LogP contribution in [-0.2, 0) is 18.3 Å². The van der Waals surface area contributed by atoms with Crippen molar-refractivity contribution in [1.29, 1.82) is 0 Å². The normalized spacial score (nSPS) is 18.2. The highest BCUT2D eigenvalue weighted by Crippen LogP contribution is 2.32.